The Labute approximate surface area is 147 Å². The number of benzene rings is 1. The summed E-state index contributed by atoms with van der Waals surface area (Å²) < 4.78 is 1.94. The van der Waals surface area contributed by atoms with Gasteiger partial charge in [0, 0.05) is 0 Å². The summed E-state index contributed by atoms with van der Waals surface area (Å²) in [6, 6.07) is 8.11. The molecule has 0 radical (unpaired) electrons. The van der Waals surface area contributed by atoms with Gasteiger partial charge in [0.25, 0.3) is 0 Å². The zero-order chi connectivity index (χ0) is 16.9. The predicted octanol–water partition coefficient (Wildman–Crippen LogP) is 5.29. The molecule has 0 aliphatic rings. The fourth-order valence-electron chi connectivity index (χ4n) is 3.13. The fraction of sp³-hybridized carbons (Fsp3) is 0.700. The minimum atomic E-state index is 0.748. The maximum atomic E-state index is 4.19. The first kappa shape index (κ1) is 18.9. The molecule has 0 saturated carbocycles. The second kappa shape index (κ2) is 12.0. The van der Waals surface area contributed by atoms with Gasteiger partial charge in [-0.25, -0.2) is 4.68 Å². The molecule has 0 fully saturated rings. The van der Waals surface area contributed by atoms with Gasteiger partial charge in [-0.3, -0.25) is 5.32 Å². The minimum Gasteiger partial charge on any atom is -0.298 e. The molecule has 0 aliphatic heterocycles. The molecule has 1 N–H and O–H groups in total. The van der Waals surface area contributed by atoms with Gasteiger partial charge < -0.3 is 0 Å². The zero-order valence-electron chi connectivity index (χ0n) is 15.3. The van der Waals surface area contributed by atoms with Gasteiger partial charge in [0.1, 0.15) is 5.52 Å². The number of hydrogen-bond acceptors (Lipinski definition) is 3. The van der Waals surface area contributed by atoms with Crippen molar-refractivity contribution in [3.8, 4) is 0 Å². The third-order valence-corrected chi connectivity index (χ3v) is 4.64. The Hall–Kier alpha value is -1.42. The van der Waals surface area contributed by atoms with Gasteiger partial charge in [-0.05, 0) is 25.1 Å². The number of rotatable bonds is 14. The number of aromatic nitrogens is 3. The van der Waals surface area contributed by atoms with Crippen LogP contribution in [0.5, 0.6) is 0 Å². The Bertz CT molecular complexity index is 549. The smallest absolute Gasteiger partial charge is 0.113 e. The highest BCUT2D eigenvalue weighted by Crippen LogP contribution is 2.11. The summed E-state index contributed by atoms with van der Waals surface area (Å²) in [4.78, 5) is 0. The average molecular weight is 331 g/mol. The van der Waals surface area contributed by atoms with E-state index < -0.39 is 0 Å². The van der Waals surface area contributed by atoms with Crippen LogP contribution in [0.2, 0.25) is 0 Å². The summed E-state index contributed by atoms with van der Waals surface area (Å²) in [6.07, 6.45) is 15.3. The minimum absolute atomic E-state index is 0.748. The topological polar surface area (TPSA) is 42.7 Å². The molecule has 1 aromatic carbocycles. The molecular weight excluding hydrogens is 296 g/mol. The predicted molar refractivity (Wildman–Crippen MR) is 102 cm³/mol. The van der Waals surface area contributed by atoms with Crippen molar-refractivity contribution in [3.05, 3.63) is 24.3 Å². The number of nitrogens with zero attached hydrogens (tertiary/aromatic N) is 3. The van der Waals surface area contributed by atoms with Gasteiger partial charge in [0.15, 0.2) is 0 Å². The molecule has 1 heterocycles. The van der Waals surface area contributed by atoms with E-state index in [-0.39, 0.29) is 0 Å². The molecule has 0 bridgehead atoms. The lowest BCUT2D eigenvalue weighted by Gasteiger charge is -2.06. The second-order valence-electron chi connectivity index (χ2n) is 6.77. The van der Waals surface area contributed by atoms with Gasteiger partial charge in [0.2, 0.25) is 0 Å². The molecule has 0 spiro atoms. The Morgan fingerprint density at radius 1 is 0.833 bits per heavy atom. The lowest BCUT2D eigenvalue weighted by Crippen LogP contribution is -2.20. The van der Waals surface area contributed by atoms with Crippen LogP contribution in [0, 0.1) is 0 Å². The molecule has 2 aromatic rings. The number of para-hydroxylation sites is 1. The monoisotopic (exact) mass is 330 g/mol. The van der Waals surface area contributed by atoms with Crippen LogP contribution in [-0.2, 0) is 6.67 Å². The van der Waals surface area contributed by atoms with Crippen LogP contribution in [0.4, 0.5) is 0 Å². The maximum Gasteiger partial charge on any atom is 0.113 e. The first-order chi connectivity index (χ1) is 11.9. The van der Waals surface area contributed by atoms with Crippen molar-refractivity contribution < 1.29 is 0 Å². The van der Waals surface area contributed by atoms with E-state index in [0.29, 0.717) is 0 Å². The van der Waals surface area contributed by atoms with E-state index in [4.69, 9.17) is 0 Å². The second-order valence-corrected chi connectivity index (χ2v) is 6.77. The highest BCUT2D eigenvalue weighted by molar-refractivity contribution is 5.73. The third kappa shape index (κ3) is 7.00. The molecule has 4 nitrogen and oxygen atoms in total. The molecule has 24 heavy (non-hydrogen) atoms. The van der Waals surface area contributed by atoms with Gasteiger partial charge in [-0.1, -0.05) is 88.5 Å². The van der Waals surface area contributed by atoms with Crippen molar-refractivity contribution in [1.82, 2.24) is 20.3 Å². The molecule has 0 amide bonds. The van der Waals surface area contributed by atoms with Crippen molar-refractivity contribution in [2.24, 2.45) is 0 Å². The van der Waals surface area contributed by atoms with Crippen LogP contribution in [-0.4, -0.2) is 21.5 Å². The Balaban J connectivity index is 1.41. The van der Waals surface area contributed by atoms with Crippen LogP contribution in [0.15, 0.2) is 24.3 Å². The van der Waals surface area contributed by atoms with E-state index in [2.05, 4.69) is 28.6 Å². The lowest BCUT2D eigenvalue weighted by molar-refractivity contribution is 0.487. The molecule has 134 valence electrons. The third-order valence-electron chi connectivity index (χ3n) is 4.64. The van der Waals surface area contributed by atoms with E-state index in [1.807, 2.05) is 22.9 Å². The number of hydrogen-bond donors (Lipinski definition) is 1. The van der Waals surface area contributed by atoms with Crippen LogP contribution in [0.1, 0.15) is 77.6 Å². The van der Waals surface area contributed by atoms with Crippen molar-refractivity contribution in [2.45, 2.75) is 84.2 Å². The molecule has 2 rings (SSSR count). The van der Waals surface area contributed by atoms with Crippen LogP contribution in [0.25, 0.3) is 11.0 Å². The number of nitrogens with one attached hydrogen (secondary N) is 1. The molecule has 1 aromatic heterocycles. The highest BCUT2D eigenvalue weighted by atomic mass is 15.4. The zero-order valence-corrected chi connectivity index (χ0v) is 15.3. The Kier molecular flexibility index (Phi) is 9.47. The Morgan fingerprint density at radius 3 is 2.17 bits per heavy atom. The highest BCUT2D eigenvalue weighted by Gasteiger charge is 2.01. The van der Waals surface area contributed by atoms with Crippen LogP contribution >= 0.6 is 0 Å². The number of unbranched alkanes of at least 4 members (excludes halogenated alkanes) is 10. The van der Waals surface area contributed by atoms with Gasteiger partial charge >= 0.3 is 0 Å². The molecule has 0 saturated heterocycles. The Morgan fingerprint density at radius 2 is 1.46 bits per heavy atom. The first-order valence-electron chi connectivity index (χ1n) is 9.91. The van der Waals surface area contributed by atoms with Crippen LogP contribution < -0.4 is 5.32 Å². The van der Waals surface area contributed by atoms with Crippen molar-refractivity contribution in [3.63, 3.8) is 0 Å². The summed E-state index contributed by atoms with van der Waals surface area (Å²) in [5, 5.41) is 11.8. The van der Waals surface area contributed by atoms with Crippen molar-refractivity contribution >= 4 is 11.0 Å². The molecular formula is C20H34N4. The molecule has 4 heteroatoms. The van der Waals surface area contributed by atoms with E-state index in [1.165, 1.54) is 70.6 Å². The average Bonchev–Trinajstić information content (AvgIpc) is 3.02. The normalized spacial score (nSPS) is 11.4. The van der Waals surface area contributed by atoms with Crippen molar-refractivity contribution in [2.75, 3.05) is 6.54 Å². The summed E-state index contributed by atoms with van der Waals surface area (Å²) in [6.45, 7) is 4.09. The van der Waals surface area contributed by atoms with E-state index in [1.54, 1.807) is 0 Å². The fourth-order valence-corrected chi connectivity index (χ4v) is 3.13. The standard InChI is InChI=1S/C20H34N4/c1-2-3-4-5-6-7-8-9-10-11-14-17-21-18-24-20-16-13-12-15-19(20)22-23-24/h12-13,15-16,21H,2-11,14,17-18H2,1H3. The maximum absolute atomic E-state index is 4.19. The first-order valence-corrected chi connectivity index (χ1v) is 9.91. The van der Waals surface area contributed by atoms with Gasteiger partial charge in [-0.15, -0.1) is 5.10 Å². The summed E-state index contributed by atoms with van der Waals surface area (Å²) in [5.41, 5.74) is 2.07. The van der Waals surface area contributed by atoms with E-state index in [0.717, 1.165) is 24.2 Å². The molecule has 0 aliphatic carbocycles. The molecule has 0 atom stereocenters. The van der Waals surface area contributed by atoms with Gasteiger partial charge in [0.05, 0.1) is 12.2 Å². The van der Waals surface area contributed by atoms with Crippen LogP contribution in [0.3, 0.4) is 0 Å². The van der Waals surface area contributed by atoms with E-state index >= 15 is 0 Å². The molecule has 0 unspecified atom stereocenters. The van der Waals surface area contributed by atoms with E-state index in [9.17, 15) is 0 Å². The quantitative estimate of drug-likeness (QED) is 0.479. The largest absolute Gasteiger partial charge is 0.298 e. The SMILES string of the molecule is CCCCCCCCCCCCCNCn1nnc2ccccc21. The van der Waals surface area contributed by atoms with Crippen molar-refractivity contribution in [1.29, 1.82) is 0 Å². The number of fused-ring (bicyclic) bond motifs is 1. The lowest BCUT2D eigenvalue weighted by atomic mass is 10.1. The summed E-state index contributed by atoms with van der Waals surface area (Å²) >= 11 is 0. The van der Waals surface area contributed by atoms with Gasteiger partial charge in [-0.2, -0.15) is 0 Å². The summed E-state index contributed by atoms with van der Waals surface area (Å²) in [5.74, 6) is 0. The summed E-state index contributed by atoms with van der Waals surface area (Å²) in [7, 11) is 0.